The maximum Gasteiger partial charge on any atom is 0.340 e. The summed E-state index contributed by atoms with van der Waals surface area (Å²) >= 11 is 0. The van der Waals surface area contributed by atoms with Crippen LogP contribution in [0.5, 0.6) is 11.5 Å². The Labute approximate surface area is 178 Å². The molecule has 1 heterocycles. The molecule has 0 spiro atoms. The first kappa shape index (κ1) is 23.7. The number of rotatable bonds is 9. The maximum atomic E-state index is 12.4. The number of aryl methyl sites for hydroxylation is 1. The van der Waals surface area contributed by atoms with Crippen molar-refractivity contribution in [3.05, 3.63) is 33.7 Å². The van der Waals surface area contributed by atoms with Gasteiger partial charge in [-0.3, -0.25) is 9.59 Å². The molecule has 0 saturated heterocycles. The first-order valence-electron chi connectivity index (χ1n) is 9.56. The summed E-state index contributed by atoms with van der Waals surface area (Å²) in [5.74, 6) is -1.85. The van der Waals surface area contributed by atoms with E-state index in [4.69, 9.17) is 19.0 Å². The first-order valence-corrected chi connectivity index (χ1v) is 9.56. The normalized spacial score (nSPS) is 11.8. The predicted octanol–water partition coefficient (Wildman–Crippen LogP) is 1.00. The molecule has 31 heavy (non-hydrogen) atoms. The zero-order valence-corrected chi connectivity index (χ0v) is 18.0. The third-order valence-corrected chi connectivity index (χ3v) is 4.80. The zero-order valence-electron chi connectivity index (χ0n) is 18.0. The zero-order chi connectivity index (χ0) is 23.3. The van der Waals surface area contributed by atoms with E-state index >= 15 is 0 Å². The Bertz CT molecular complexity index is 1060. The molecule has 3 N–H and O–H groups in total. The van der Waals surface area contributed by atoms with Crippen molar-refractivity contribution in [3.8, 4) is 11.5 Å². The number of hydrogen-bond donors (Lipinski definition) is 3. The highest BCUT2D eigenvalue weighted by molar-refractivity contribution is 5.91. The summed E-state index contributed by atoms with van der Waals surface area (Å²) in [4.78, 5) is 47.9. The Kier molecular flexibility index (Phi) is 7.62. The number of ether oxygens (including phenoxy) is 2. The molecule has 0 bridgehead atoms. The summed E-state index contributed by atoms with van der Waals surface area (Å²) in [6.07, 6.45) is -0.320. The summed E-state index contributed by atoms with van der Waals surface area (Å²) in [5.41, 5.74) is 0.205. The van der Waals surface area contributed by atoms with Crippen molar-refractivity contribution in [1.29, 1.82) is 0 Å². The fraction of sp³-hybridized carbons (Fsp3) is 0.429. The molecule has 0 aliphatic heterocycles. The van der Waals surface area contributed by atoms with E-state index in [1.54, 1.807) is 32.9 Å². The second kappa shape index (κ2) is 9.96. The molecule has 10 nitrogen and oxygen atoms in total. The molecule has 1 aromatic heterocycles. The molecule has 2 amide bonds. The minimum Gasteiger partial charge on any atom is -0.496 e. The summed E-state index contributed by atoms with van der Waals surface area (Å²) in [7, 11) is 2.94. The number of fused-ring (bicyclic) bond motifs is 1. The number of methoxy groups -OCH3 is 2. The van der Waals surface area contributed by atoms with E-state index < -0.39 is 36.0 Å². The van der Waals surface area contributed by atoms with Crippen molar-refractivity contribution in [3.63, 3.8) is 0 Å². The number of benzene rings is 1. The molecule has 10 heteroatoms. The molecule has 1 atom stereocenters. The molecule has 0 unspecified atom stereocenters. The minimum atomic E-state index is -1.16. The number of aliphatic carboxylic acids is 1. The largest absolute Gasteiger partial charge is 0.496 e. The second-order valence-electron chi connectivity index (χ2n) is 7.28. The SMILES string of the molecule is COc1cc(OC)c2c(C)c(CC(=O)NCC(=O)N[C@@H](C(=O)O)C(C)C)c(=O)oc2c1. The van der Waals surface area contributed by atoms with Gasteiger partial charge in [-0.25, -0.2) is 9.59 Å². The van der Waals surface area contributed by atoms with E-state index in [9.17, 15) is 19.2 Å². The number of carboxylic acid groups (broad SMARTS) is 1. The van der Waals surface area contributed by atoms with Crippen LogP contribution in [0.25, 0.3) is 11.0 Å². The third-order valence-electron chi connectivity index (χ3n) is 4.80. The molecule has 0 aliphatic carbocycles. The second-order valence-corrected chi connectivity index (χ2v) is 7.28. The van der Waals surface area contributed by atoms with Crippen molar-refractivity contribution in [2.24, 2.45) is 5.92 Å². The van der Waals surface area contributed by atoms with Gasteiger partial charge in [0.05, 0.1) is 38.1 Å². The molecule has 0 fully saturated rings. The van der Waals surface area contributed by atoms with Crippen LogP contribution in [0.4, 0.5) is 0 Å². The number of carbonyl (C=O) groups is 3. The van der Waals surface area contributed by atoms with Crippen LogP contribution in [0.1, 0.15) is 25.0 Å². The number of carbonyl (C=O) groups excluding carboxylic acids is 2. The lowest BCUT2D eigenvalue weighted by Gasteiger charge is -2.18. The minimum absolute atomic E-state index is 0.125. The van der Waals surface area contributed by atoms with Crippen LogP contribution in [0.15, 0.2) is 21.3 Å². The number of hydrogen-bond acceptors (Lipinski definition) is 7. The molecule has 2 aromatic rings. The van der Waals surface area contributed by atoms with Gasteiger partial charge in [-0.1, -0.05) is 13.8 Å². The Hall–Kier alpha value is -3.56. The molecular weight excluding hydrogens is 408 g/mol. The van der Waals surface area contributed by atoms with E-state index in [0.717, 1.165) is 0 Å². The van der Waals surface area contributed by atoms with Crippen LogP contribution >= 0.6 is 0 Å². The Balaban J connectivity index is 2.18. The lowest BCUT2D eigenvalue weighted by Crippen LogP contribution is -2.48. The topological polar surface area (TPSA) is 144 Å². The molecule has 0 saturated carbocycles. The Morgan fingerprint density at radius 3 is 2.35 bits per heavy atom. The van der Waals surface area contributed by atoms with Crippen LogP contribution < -0.4 is 25.7 Å². The van der Waals surface area contributed by atoms with E-state index in [1.165, 1.54) is 14.2 Å². The first-order chi connectivity index (χ1) is 14.6. The standard InChI is InChI=1S/C21H26N2O8/c1-10(2)19(20(26)27)23-17(25)9-22-16(24)8-13-11(3)18-14(30-5)6-12(29-4)7-15(18)31-21(13)28/h6-7,10,19H,8-9H2,1-5H3,(H,22,24)(H,23,25)(H,26,27)/t19-/m1/s1. The summed E-state index contributed by atoms with van der Waals surface area (Å²) < 4.78 is 15.9. The smallest absolute Gasteiger partial charge is 0.340 e. The van der Waals surface area contributed by atoms with Crippen molar-refractivity contribution >= 4 is 28.8 Å². The molecule has 0 radical (unpaired) electrons. The monoisotopic (exact) mass is 434 g/mol. The fourth-order valence-corrected chi connectivity index (χ4v) is 3.10. The van der Waals surface area contributed by atoms with Gasteiger partial charge in [0.25, 0.3) is 0 Å². The van der Waals surface area contributed by atoms with Gasteiger partial charge in [0.1, 0.15) is 23.1 Å². The van der Waals surface area contributed by atoms with E-state index in [1.807, 2.05) is 0 Å². The van der Waals surface area contributed by atoms with Crippen molar-refractivity contribution in [2.75, 3.05) is 20.8 Å². The molecule has 0 aliphatic rings. The molecular formula is C21H26N2O8. The summed E-state index contributed by atoms with van der Waals surface area (Å²) in [6, 6.07) is 2.12. The van der Waals surface area contributed by atoms with Gasteiger partial charge in [0.2, 0.25) is 11.8 Å². The average Bonchev–Trinajstić information content (AvgIpc) is 2.71. The molecule has 168 valence electrons. The number of nitrogens with one attached hydrogen (secondary N) is 2. The fourth-order valence-electron chi connectivity index (χ4n) is 3.10. The summed E-state index contributed by atoms with van der Waals surface area (Å²) in [5, 5.41) is 14.4. The predicted molar refractivity (Wildman–Crippen MR) is 111 cm³/mol. The van der Waals surface area contributed by atoms with Gasteiger partial charge in [0, 0.05) is 12.1 Å². The molecule has 2 rings (SSSR count). The van der Waals surface area contributed by atoms with Crippen molar-refractivity contribution in [1.82, 2.24) is 10.6 Å². The highest BCUT2D eigenvalue weighted by atomic mass is 16.5. The highest BCUT2D eigenvalue weighted by Crippen LogP contribution is 2.33. The lowest BCUT2D eigenvalue weighted by atomic mass is 10.0. The lowest BCUT2D eigenvalue weighted by molar-refractivity contribution is -0.143. The van der Waals surface area contributed by atoms with E-state index in [0.29, 0.717) is 22.4 Å². The number of amides is 2. The van der Waals surface area contributed by atoms with Gasteiger partial charge >= 0.3 is 11.6 Å². The summed E-state index contributed by atoms with van der Waals surface area (Å²) in [6.45, 7) is 4.56. The number of carboxylic acids is 1. The van der Waals surface area contributed by atoms with E-state index in [2.05, 4.69) is 10.6 Å². The van der Waals surface area contributed by atoms with Gasteiger partial charge in [-0.05, 0) is 18.4 Å². The molecule has 1 aromatic carbocycles. The van der Waals surface area contributed by atoms with Crippen molar-refractivity contribution < 1.29 is 33.4 Å². The van der Waals surface area contributed by atoms with Crippen LogP contribution in [-0.2, 0) is 20.8 Å². The maximum absolute atomic E-state index is 12.4. The van der Waals surface area contributed by atoms with Gasteiger partial charge in [-0.2, -0.15) is 0 Å². The van der Waals surface area contributed by atoms with E-state index in [-0.39, 0.29) is 23.5 Å². The van der Waals surface area contributed by atoms with Crippen LogP contribution in [-0.4, -0.2) is 49.7 Å². The third kappa shape index (κ3) is 5.53. The van der Waals surface area contributed by atoms with Crippen LogP contribution in [0.3, 0.4) is 0 Å². The van der Waals surface area contributed by atoms with Gasteiger partial charge < -0.3 is 29.6 Å². The van der Waals surface area contributed by atoms with Gasteiger partial charge in [-0.15, -0.1) is 0 Å². The Morgan fingerprint density at radius 1 is 1.13 bits per heavy atom. The van der Waals surface area contributed by atoms with Crippen LogP contribution in [0.2, 0.25) is 0 Å². The Morgan fingerprint density at radius 2 is 1.81 bits per heavy atom. The quantitative estimate of drug-likeness (QED) is 0.496. The average molecular weight is 434 g/mol. The highest BCUT2D eigenvalue weighted by Gasteiger charge is 2.24. The van der Waals surface area contributed by atoms with Crippen LogP contribution in [0, 0.1) is 12.8 Å². The van der Waals surface area contributed by atoms with Gasteiger partial charge in [0.15, 0.2) is 0 Å². The van der Waals surface area contributed by atoms with Crippen molar-refractivity contribution in [2.45, 2.75) is 33.2 Å².